The lowest BCUT2D eigenvalue weighted by atomic mass is 10.2. The van der Waals surface area contributed by atoms with Crippen molar-refractivity contribution in [3.05, 3.63) is 12.4 Å². The lowest BCUT2D eigenvalue weighted by Gasteiger charge is -2.26. The third-order valence-electron chi connectivity index (χ3n) is 4.18. The van der Waals surface area contributed by atoms with Crippen molar-refractivity contribution < 1.29 is 8.42 Å². The Hall–Kier alpha value is -0.920. The summed E-state index contributed by atoms with van der Waals surface area (Å²) in [5.41, 5.74) is 0. The highest BCUT2D eigenvalue weighted by Crippen LogP contribution is 2.32. The van der Waals surface area contributed by atoms with Crippen LogP contribution in [0.2, 0.25) is 0 Å². The molecule has 2 heterocycles. The summed E-state index contributed by atoms with van der Waals surface area (Å²) in [5.74, 6) is 0. The molecule has 1 aromatic heterocycles. The van der Waals surface area contributed by atoms with E-state index in [9.17, 15) is 8.42 Å². The van der Waals surface area contributed by atoms with Gasteiger partial charge in [0.2, 0.25) is 10.0 Å². The predicted molar refractivity (Wildman–Crippen MR) is 82.6 cm³/mol. The number of aromatic nitrogens is 2. The second-order valence-corrected chi connectivity index (χ2v) is 7.56. The molecule has 1 saturated heterocycles. The molecule has 1 aliphatic heterocycles. The second-order valence-electron chi connectivity index (χ2n) is 5.72. The van der Waals surface area contributed by atoms with Crippen molar-refractivity contribution in [2.24, 2.45) is 0 Å². The van der Waals surface area contributed by atoms with Crippen molar-refractivity contribution in [3.8, 4) is 0 Å². The number of rotatable bonds is 7. The van der Waals surface area contributed by atoms with Crippen LogP contribution >= 0.6 is 0 Å². The van der Waals surface area contributed by atoms with E-state index in [1.54, 1.807) is 15.2 Å². The van der Waals surface area contributed by atoms with Crippen LogP contribution in [0.5, 0.6) is 0 Å². The van der Waals surface area contributed by atoms with E-state index in [2.05, 4.69) is 10.4 Å². The number of sulfonamides is 1. The molecule has 0 aromatic carbocycles. The zero-order valence-corrected chi connectivity index (χ0v) is 13.9. The van der Waals surface area contributed by atoms with E-state index in [1.807, 2.05) is 20.9 Å². The van der Waals surface area contributed by atoms with Gasteiger partial charge in [0.25, 0.3) is 0 Å². The van der Waals surface area contributed by atoms with Crippen molar-refractivity contribution in [1.82, 2.24) is 19.4 Å². The van der Waals surface area contributed by atoms with Gasteiger partial charge >= 0.3 is 0 Å². The highest BCUT2D eigenvalue weighted by molar-refractivity contribution is 7.89. The lowest BCUT2D eigenvalue weighted by molar-refractivity contribution is 0.328. The van der Waals surface area contributed by atoms with Gasteiger partial charge in [0.05, 0.1) is 6.20 Å². The van der Waals surface area contributed by atoms with E-state index in [1.165, 1.54) is 6.20 Å². The molecule has 1 aliphatic rings. The molecule has 0 spiro atoms. The topological polar surface area (TPSA) is 67.2 Å². The van der Waals surface area contributed by atoms with Crippen LogP contribution in [-0.2, 0) is 16.6 Å². The zero-order chi connectivity index (χ0) is 15.5. The van der Waals surface area contributed by atoms with E-state index in [4.69, 9.17) is 0 Å². The van der Waals surface area contributed by atoms with Crippen molar-refractivity contribution in [3.63, 3.8) is 0 Å². The number of nitrogens with zero attached hydrogens (tertiary/aromatic N) is 3. The monoisotopic (exact) mass is 314 g/mol. The molecule has 0 bridgehead atoms. The third-order valence-corrected chi connectivity index (χ3v) is 6.20. The van der Waals surface area contributed by atoms with Gasteiger partial charge in [-0.2, -0.15) is 9.40 Å². The molecule has 1 fully saturated rings. The molecule has 0 aliphatic carbocycles. The molecule has 2 unspecified atom stereocenters. The van der Waals surface area contributed by atoms with Crippen LogP contribution in [0.15, 0.2) is 17.3 Å². The van der Waals surface area contributed by atoms with Crippen LogP contribution in [-0.4, -0.2) is 48.2 Å². The van der Waals surface area contributed by atoms with Crippen LogP contribution in [0.4, 0.5) is 0 Å². The summed E-state index contributed by atoms with van der Waals surface area (Å²) in [4.78, 5) is 0.319. The Morgan fingerprint density at radius 1 is 1.43 bits per heavy atom. The molecule has 120 valence electrons. The minimum absolute atomic E-state index is 0.0765. The maximum atomic E-state index is 12.8. The quantitative estimate of drug-likeness (QED) is 0.774. The number of hydrogen-bond donors (Lipinski definition) is 1. The Morgan fingerprint density at radius 2 is 2.19 bits per heavy atom. The van der Waals surface area contributed by atoms with E-state index >= 15 is 0 Å². The van der Waals surface area contributed by atoms with Gasteiger partial charge in [-0.05, 0) is 46.2 Å². The van der Waals surface area contributed by atoms with Crippen molar-refractivity contribution in [2.45, 2.75) is 63.1 Å². The average molecular weight is 314 g/mol. The van der Waals surface area contributed by atoms with E-state index in [-0.39, 0.29) is 12.1 Å². The van der Waals surface area contributed by atoms with Crippen LogP contribution in [0.3, 0.4) is 0 Å². The summed E-state index contributed by atoms with van der Waals surface area (Å²) in [6.45, 7) is 5.66. The van der Waals surface area contributed by atoms with Crippen molar-refractivity contribution in [2.75, 3.05) is 13.6 Å². The highest BCUT2D eigenvalue weighted by Gasteiger charge is 2.39. The maximum Gasteiger partial charge on any atom is 0.246 e. The standard InChI is InChI=1S/C14H26N4O2S/c1-4-13-7-6-12(2)18(13)21(19,20)14-10-16-17(11-14)9-5-8-15-3/h10-13,15H,4-9H2,1-3H3. The molecule has 6 nitrogen and oxygen atoms in total. The van der Waals surface area contributed by atoms with Crippen LogP contribution < -0.4 is 5.32 Å². The molecule has 0 radical (unpaired) electrons. The van der Waals surface area contributed by atoms with Gasteiger partial charge in [-0.15, -0.1) is 0 Å². The summed E-state index contributed by atoms with van der Waals surface area (Å²) < 4.78 is 29.0. The Morgan fingerprint density at radius 3 is 2.86 bits per heavy atom. The molecule has 1 N–H and O–H groups in total. The van der Waals surface area contributed by atoms with Gasteiger partial charge in [-0.1, -0.05) is 6.92 Å². The highest BCUT2D eigenvalue weighted by atomic mass is 32.2. The summed E-state index contributed by atoms with van der Waals surface area (Å²) in [6, 6.07) is 0.199. The summed E-state index contributed by atoms with van der Waals surface area (Å²) >= 11 is 0. The third kappa shape index (κ3) is 3.46. The molecule has 21 heavy (non-hydrogen) atoms. The van der Waals surface area contributed by atoms with Crippen molar-refractivity contribution in [1.29, 1.82) is 0 Å². The second kappa shape index (κ2) is 6.89. The maximum absolute atomic E-state index is 12.8. The summed E-state index contributed by atoms with van der Waals surface area (Å²) in [7, 11) is -1.52. The molecule has 2 rings (SSSR count). The first-order valence-corrected chi connectivity index (χ1v) is 9.15. The van der Waals surface area contributed by atoms with Gasteiger partial charge < -0.3 is 5.32 Å². The Bertz CT molecular complexity index is 555. The first kappa shape index (κ1) is 16.5. The van der Waals surface area contributed by atoms with E-state index in [0.717, 1.165) is 38.8 Å². The zero-order valence-electron chi connectivity index (χ0n) is 13.1. The number of nitrogens with one attached hydrogen (secondary N) is 1. The minimum Gasteiger partial charge on any atom is -0.320 e. The SMILES string of the molecule is CCC1CCC(C)N1S(=O)(=O)c1cnn(CCCNC)c1. The lowest BCUT2D eigenvalue weighted by Crippen LogP contribution is -2.39. The first-order valence-electron chi connectivity index (χ1n) is 7.71. The predicted octanol–water partition coefficient (Wildman–Crippen LogP) is 1.44. The van der Waals surface area contributed by atoms with Crippen LogP contribution in [0.1, 0.15) is 39.5 Å². The largest absolute Gasteiger partial charge is 0.320 e. The summed E-state index contributed by atoms with van der Waals surface area (Å²) in [5, 5.41) is 7.26. The van der Waals surface area contributed by atoms with Gasteiger partial charge in [0.1, 0.15) is 4.90 Å². The normalized spacial score (nSPS) is 23.8. The van der Waals surface area contributed by atoms with Crippen LogP contribution in [0, 0.1) is 0 Å². The summed E-state index contributed by atoms with van der Waals surface area (Å²) in [6.07, 6.45) is 6.81. The molecule has 0 amide bonds. The fourth-order valence-corrected chi connectivity index (χ4v) is 4.91. The molecular weight excluding hydrogens is 288 g/mol. The van der Waals surface area contributed by atoms with Crippen LogP contribution in [0.25, 0.3) is 0 Å². The number of aryl methyl sites for hydroxylation is 1. The Balaban J connectivity index is 2.15. The van der Waals surface area contributed by atoms with Gasteiger partial charge in [0, 0.05) is 24.8 Å². The van der Waals surface area contributed by atoms with Gasteiger partial charge in [-0.25, -0.2) is 8.42 Å². The smallest absolute Gasteiger partial charge is 0.246 e. The van der Waals surface area contributed by atoms with E-state index < -0.39 is 10.0 Å². The fourth-order valence-electron chi connectivity index (χ4n) is 3.00. The first-order chi connectivity index (χ1) is 10.0. The number of hydrogen-bond acceptors (Lipinski definition) is 4. The van der Waals surface area contributed by atoms with Gasteiger partial charge in [0.15, 0.2) is 0 Å². The minimum atomic E-state index is -3.42. The Labute approximate surface area is 127 Å². The molecule has 7 heteroatoms. The molecule has 0 saturated carbocycles. The molecule has 1 aromatic rings. The van der Waals surface area contributed by atoms with Gasteiger partial charge in [-0.3, -0.25) is 4.68 Å². The fraction of sp³-hybridized carbons (Fsp3) is 0.786. The Kier molecular flexibility index (Phi) is 5.40. The van der Waals surface area contributed by atoms with E-state index in [0.29, 0.717) is 4.90 Å². The average Bonchev–Trinajstić information content (AvgIpc) is 3.06. The molecular formula is C14H26N4O2S. The van der Waals surface area contributed by atoms with Crippen molar-refractivity contribution >= 4 is 10.0 Å². The molecule has 2 atom stereocenters.